The molecule has 0 fully saturated rings. The molecule has 0 spiro atoms. The second-order valence-electron chi connectivity index (χ2n) is 5.62. The van der Waals surface area contributed by atoms with Crippen molar-refractivity contribution in [2.45, 2.75) is 51.6 Å². The summed E-state index contributed by atoms with van der Waals surface area (Å²) in [5, 5.41) is 17.2. The highest BCUT2D eigenvalue weighted by atomic mass is 32.2. The van der Waals surface area contributed by atoms with E-state index < -0.39 is 11.9 Å². The molecule has 2 aliphatic rings. The van der Waals surface area contributed by atoms with Crippen LogP contribution in [-0.4, -0.2) is 56.1 Å². The van der Waals surface area contributed by atoms with E-state index in [9.17, 15) is 9.59 Å². The summed E-state index contributed by atoms with van der Waals surface area (Å²) in [6.07, 6.45) is 5.98. The van der Waals surface area contributed by atoms with Crippen molar-refractivity contribution in [3.63, 3.8) is 0 Å². The quantitative estimate of drug-likeness (QED) is 0.511. The van der Waals surface area contributed by atoms with Gasteiger partial charge in [-0.2, -0.15) is 0 Å². The maximum atomic E-state index is 9.55. The van der Waals surface area contributed by atoms with E-state index in [1.54, 1.807) is 23.5 Å². The minimum absolute atomic E-state index is 0.444. The van der Waals surface area contributed by atoms with Gasteiger partial charge in [-0.1, -0.05) is 23.5 Å². The highest BCUT2D eigenvalue weighted by Gasteiger charge is 2.06. The van der Waals surface area contributed by atoms with Crippen molar-refractivity contribution in [2.24, 2.45) is 21.5 Å². The predicted molar refractivity (Wildman–Crippen MR) is 110 cm³/mol. The Balaban J connectivity index is 0.000000362. The summed E-state index contributed by atoms with van der Waals surface area (Å²) in [5.41, 5.74) is 11.1. The van der Waals surface area contributed by atoms with Gasteiger partial charge in [-0.25, -0.2) is 9.59 Å². The molecule has 2 atom stereocenters. The highest BCUT2D eigenvalue weighted by Crippen LogP contribution is 2.14. The largest absolute Gasteiger partial charge is 0.478 e. The monoisotopic (exact) mass is 404 g/mol. The first-order valence-corrected chi connectivity index (χ1v) is 10.2. The molecule has 0 aromatic rings. The minimum atomic E-state index is -1.26. The van der Waals surface area contributed by atoms with Crippen molar-refractivity contribution < 1.29 is 19.8 Å². The van der Waals surface area contributed by atoms with E-state index in [-0.39, 0.29) is 0 Å². The zero-order valence-corrected chi connectivity index (χ0v) is 16.8. The van der Waals surface area contributed by atoms with Gasteiger partial charge in [0.2, 0.25) is 0 Å². The number of nitrogens with two attached hydrogens (primary N) is 2. The molecular weight excluding hydrogens is 376 g/mol. The van der Waals surface area contributed by atoms with Crippen LogP contribution < -0.4 is 11.5 Å². The topological polar surface area (TPSA) is 151 Å². The molecule has 0 aromatic carbocycles. The third kappa shape index (κ3) is 15.8. The highest BCUT2D eigenvalue weighted by molar-refractivity contribution is 8.14. The van der Waals surface area contributed by atoms with Crippen LogP contribution in [0.1, 0.15) is 39.5 Å². The Morgan fingerprint density at radius 3 is 1.58 bits per heavy atom. The number of thioether (sulfide) groups is 2. The van der Waals surface area contributed by atoms with Gasteiger partial charge in [-0.3, -0.25) is 9.98 Å². The fraction of sp³-hybridized carbons (Fsp3) is 0.625. The van der Waals surface area contributed by atoms with E-state index in [2.05, 4.69) is 23.8 Å². The van der Waals surface area contributed by atoms with E-state index in [1.165, 1.54) is 25.7 Å². The Kier molecular flexibility index (Phi) is 13.5. The summed E-state index contributed by atoms with van der Waals surface area (Å²) in [5.74, 6) is -0.237. The number of aliphatic imine (C=N–C) groups is 2. The zero-order valence-electron chi connectivity index (χ0n) is 15.1. The van der Waals surface area contributed by atoms with E-state index in [0.29, 0.717) is 24.2 Å². The van der Waals surface area contributed by atoms with E-state index in [4.69, 9.17) is 21.7 Å². The van der Waals surface area contributed by atoms with Gasteiger partial charge in [-0.15, -0.1) is 0 Å². The molecule has 8 nitrogen and oxygen atoms in total. The van der Waals surface area contributed by atoms with Crippen molar-refractivity contribution in [3.05, 3.63) is 12.2 Å². The third-order valence-electron chi connectivity index (χ3n) is 3.10. The number of rotatable bonds is 2. The van der Waals surface area contributed by atoms with Crippen LogP contribution in [-0.2, 0) is 9.59 Å². The van der Waals surface area contributed by atoms with Gasteiger partial charge in [0.05, 0.1) is 12.1 Å². The normalized spacial score (nSPS) is 23.0. The first-order chi connectivity index (χ1) is 12.2. The number of hydrogen-bond acceptors (Lipinski definition) is 8. The second-order valence-corrected chi connectivity index (χ2v) is 7.85. The van der Waals surface area contributed by atoms with Crippen LogP contribution in [0.15, 0.2) is 22.1 Å². The van der Waals surface area contributed by atoms with Crippen molar-refractivity contribution in [3.8, 4) is 0 Å². The van der Waals surface area contributed by atoms with Crippen molar-refractivity contribution in [1.29, 1.82) is 0 Å². The minimum Gasteiger partial charge on any atom is -0.478 e. The van der Waals surface area contributed by atoms with Crippen molar-refractivity contribution in [2.75, 3.05) is 11.5 Å². The number of aliphatic carboxylic acids is 2. The lowest BCUT2D eigenvalue weighted by Crippen LogP contribution is -2.08. The maximum absolute atomic E-state index is 9.55. The van der Waals surface area contributed by atoms with Gasteiger partial charge in [0.1, 0.15) is 0 Å². The Morgan fingerprint density at radius 2 is 1.27 bits per heavy atom. The van der Waals surface area contributed by atoms with Crippen molar-refractivity contribution >= 4 is 45.8 Å². The summed E-state index contributed by atoms with van der Waals surface area (Å²) >= 11 is 3.34. The van der Waals surface area contributed by atoms with Gasteiger partial charge in [0, 0.05) is 23.7 Å². The molecule has 0 aromatic heterocycles. The first-order valence-electron chi connectivity index (χ1n) is 8.26. The lowest BCUT2D eigenvalue weighted by atomic mass is 10.2. The Morgan fingerprint density at radius 1 is 0.923 bits per heavy atom. The number of nitrogens with zero attached hydrogens (tertiary/aromatic N) is 2. The average Bonchev–Trinajstić information content (AvgIpc) is 2.85. The molecule has 2 aliphatic heterocycles. The summed E-state index contributed by atoms with van der Waals surface area (Å²) < 4.78 is 0. The SMILES string of the molecule is CC1CCCSC(N)=N1.CC1CCCSC(N)=N1.O=C(O)/C=C/C(=O)O. The van der Waals surface area contributed by atoms with Gasteiger partial charge in [0.15, 0.2) is 10.3 Å². The molecule has 2 unspecified atom stereocenters. The summed E-state index contributed by atoms with van der Waals surface area (Å²) in [6, 6.07) is 0.889. The van der Waals surface area contributed by atoms with Gasteiger partial charge in [-0.05, 0) is 39.5 Å². The van der Waals surface area contributed by atoms with E-state index in [0.717, 1.165) is 21.8 Å². The third-order valence-corrected chi connectivity index (χ3v) is 4.88. The number of carboxylic acid groups (broad SMARTS) is 2. The van der Waals surface area contributed by atoms with Gasteiger partial charge >= 0.3 is 11.9 Å². The molecule has 0 saturated carbocycles. The Bertz CT molecular complexity index is 492. The fourth-order valence-electron chi connectivity index (χ4n) is 1.89. The predicted octanol–water partition coefficient (Wildman–Crippen LogP) is 2.15. The van der Waals surface area contributed by atoms with Gasteiger partial charge < -0.3 is 21.7 Å². The maximum Gasteiger partial charge on any atom is 0.328 e. The fourth-order valence-corrected chi connectivity index (χ4v) is 3.44. The molecule has 0 amide bonds. The molecular formula is C16H28N4O4S2. The van der Waals surface area contributed by atoms with Crippen LogP contribution in [0, 0.1) is 0 Å². The van der Waals surface area contributed by atoms with Crippen LogP contribution in [0.2, 0.25) is 0 Å². The first kappa shape index (κ1) is 24.3. The Hall–Kier alpha value is -1.68. The number of carbonyl (C=O) groups is 2. The standard InChI is InChI=1S/2C6H12N2S.C4H4O4/c2*1-5-3-2-4-9-6(7)8-5;5-3(6)1-2-4(7)8/h2*5H,2-4H2,1H3,(H2,7,8);1-2H,(H,5,6)(H,7,8)/b;;2-1+. The number of amidine groups is 2. The molecule has 0 saturated heterocycles. The van der Waals surface area contributed by atoms with Crippen LogP contribution in [0.5, 0.6) is 0 Å². The molecule has 0 bridgehead atoms. The van der Waals surface area contributed by atoms with E-state index >= 15 is 0 Å². The lowest BCUT2D eigenvalue weighted by molar-refractivity contribution is -0.134. The van der Waals surface area contributed by atoms with E-state index in [1.807, 2.05) is 0 Å². The summed E-state index contributed by atoms with van der Waals surface area (Å²) in [4.78, 5) is 27.6. The molecule has 0 radical (unpaired) electrons. The molecule has 10 heteroatoms. The van der Waals surface area contributed by atoms with Gasteiger partial charge in [0.25, 0.3) is 0 Å². The Labute approximate surface area is 162 Å². The van der Waals surface area contributed by atoms with Crippen molar-refractivity contribution in [1.82, 2.24) is 0 Å². The molecule has 0 aliphatic carbocycles. The lowest BCUT2D eigenvalue weighted by Gasteiger charge is -1.98. The second kappa shape index (κ2) is 14.5. The van der Waals surface area contributed by atoms with Crippen LogP contribution >= 0.6 is 23.5 Å². The molecule has 2 rings (SSSR count). The van der Waals surface area contributed by atoms with Crippen LogP contribution in [0.4, 0.5) is 0 Å². The molecule has 148 valence electrons. The smallest absolute Gasteiger partial charge is 0.328 e. The van der Waals surface area contributed by atoms with Crippen LogP contribution in [0.25, 0.3) is 0 Å². The summed E-state index contributed by atoms with van der Waals surface area (Å²) in [6.45, 7) is 4.22. The number of carboxylic acids is 2. The average molecular weight is 405 g/mol. The molecule has 2 heterocycles. The summed E-state index contributed by atoms with van der Waals surface area (Å²) in [7, 11) is 0. The number of hydrogen-bond donors (Lipinski definition) is 4. The molecule has 26 heavy (non-hydrogen) atoms. The zero-order chi connectivity index (χ0) is 19.9. The van der Waals surface area contributed by atoms with Crippen LogP contribution in [0.3, 0.4) is 0 Å². The molecule has 6 N–H and O–H groups in total.